The second kappa shape index (κ2) is 8.64. The Bertz CT molecular complexity index is 915. The number of carbonyl (C=O) groups is 1. The minimum atomic E-state index is -0.217. The highest BCUT2D eigenvalue weighted by Gasteiger charge is 2.34. The van der Waals surface area contributed by atoms with Crippen LogP contribution in [0.1, 0.15) is 42.3 Å². The largest absolute Gasteiger partial charge is 0.493 e. The Labute approximate surface area is 177 Å². The van der Waals surface area contributed by atoms with Crippen molar-refractivity contribution in [2.24, 2.45) is 0 Å². The van der Waals surface area contributed by atoms with Crippen LogP contribution < -0.4 is 10.1 Å². The fourth-order valence-electron chi connectivity index (χ4n) is 4.45. The van der Waals surface area contributed by atoms with Crippen molar-refractivity contribution in [3.63, 3.8) is 0 Å². The van der Waals surface area contributed by atoms with Gasteiger partial charge in [-0.3, -0.25) is 9.69 Å². The zero-order valence-corrected chi connectivity index (χ0v) is 18.0. The summed E-state index contributed by atoms with van der Waals surface area (Å²) in [6, 6.07) is 10.9. The van der Waals surface area contributed by atoms with Crippen LogP contribution in [0.5, 0.6) is 5.75 Å². The van der Waals surface area contributed by atoms with Crippen LogP contribution in [-0.2, 0) is 13.0 Å². The molecule has 0 radical (unpaired) electrons. The molecule has 0 aromatic heterocycles. The van der Waals surface area contributed by atoms with Gasteiger partial charge in [-0.25, -0.2) is 4.39 Å². The number of halogens is 1. The lowest BCUT2D eigenvalue weighted by atomic mass is 10.0. The highest BCUT2D eigenvalue weighted by molar-refractivity contribution is 5.98. The normalized spacial score (nSPS) is 21.3. The lowest BCUT2D eigenvalue weighted by Crippen LogP contribution is -2.57. The number of nitrogens with one attached hydrogen (secondary N) is 1. The molecule has 2 atom stereocenters. The molecular formula is C24H30FN3O2. The van der Waals surface area contributed by atoms with E-state index in [9.17, 15) is 9.18 Å². The third kappa shape index (κ3) is 4.15. The van der Waals surface area contributed by atoms with Crippen molar-refractivity contribution in [3.8, 4) is 5.75 Å². The van der Waals surface area contributed by atoms with Gasteiger partial charge in [-0.15, -0.1) is 0 Å². The quantitative estimate of drug-likeness (QED) is 0.810. The van der Waals surface area contributed by atoms with Gasteiger partial charge in [0.15, 0.2) is 0 Å². The number of benzene rings is 2. The maximum absolute atomic E-state index is 13.5. The topological polar surface area (TPSA) is 44.8 Å². The van der Waals surface area contributed by atoms with E-state index in [1.165, 1.54) is 17.7 Å². The van der Waals surface area contributed by atoms with E-state index < -0.39 is 0 Å². The van der Waals surface area contributed by atoms with Crippen molar-refractivity contribution >= 4 is 11.6 Å². The fourth-order valence-corrected chi connectivity index (χ4v) is 4.45. The Morgan fingerprint density at radius 1 is 1.17 bits per heavy atom. The second-order valence-corrected chi connectivity index (χ2v) is 8.33. The van der Waals surface area contributed by atoms with Gasteiger partial charge in [0.2, 0.25) is 0 Å². The molecule has 5 nitrogen and oxygen atoms in total. The summed E-state index contributed by atoms with van der Waals surface area (Å²) in [4.78, 5) is 17.8. The molecule has 2 aliphatic heterocycles. The highest BCUT2D eigenvalue weighted by atomic mass is 19.1. The van der Waals surface area contributed by atoms with Crippen molar-refractivity contribution in [2.75, 3.05) is 31.6 Å². The van der Waals surface area contributed by atoms with Gasteiger partial charge in [0.1, 0.15) is 11.6 Å². The minimum absolute atomic E-state index is 0.0360. The lowest BCUT2D eigenvalue weighted by Gasteiger charge is -2.44. The Kier molecular flexibility index (Phi) is 5.95. The number of nitrogens with zero attached hydrogens (tertiary/aromatic N) is 2. The van der Waals surface area contributed by atoms with Crippen LogP contribution in [-0.4, -0.2) is 54.0 Å². The first-order chi connectivity index (χ1) is 14.5. The molecule has 1 N–H and O–H groups in total. The summed E-state index contributed by atoms with van der Waals surface area (Å²) in [6.07, 6.45) is 0.930. The summed E-state index contributed by atoms with van der Waals surface area (Å²) in [5, 5.41) is 3.36. The van der Waals surface area contributed by atoms with Crippen LogP contribution in [0.15, 0.2) is 36.4 Å². The van der Waals surface area contributed by atoms with Crippen LogP contribution in [0.3, 0.4) is 0 Å². The Balaban J connectivity index is 1.51. The summed E-state index contributed by atoms with van der Waals surface area (Å²) in [6.45, 7) is 9.78. The summed E-state index contributed by atoms with van der Waals surface area (Å²) >= 11 is 0. The number of rotatable bonds is 5. The minimum Gasteiger partial charge on any atom is -0.493 e. The van der Waals surface area contributed by atoms with Crippen LogP contribution in [0.4, 0.5) is 10.1 Å². The van der Waals surface area contributed by atoms with Crippen molar-refractivity contribution in [1.29, 1.82) is 0 Å². The summed E-state index contributed by atoms with van der Waals surface area (Å²) in [5.41, 5.74) is 3.99. The maximum atomic E-state index is 13.5. The van der Waals surface area contributed by atoms with Crippen molar-refractivity contribution < 1.29 is 13.9 Å². The van der Waals surface area contributed by atoms with E-state index in [2.05, 4.69) is 24.1 Å². The number of piperazine rings is 1. The van der Waals surface area contributed by atoms with Crippen molar-refractivity contribution in [3.05, 3.63) is 58.9 Å². The first-order valence-corrected chi connectivity index (χ1v) is 10.8. The molecule has 0 saturated carbocycles. The molecule has 0 spiro atoms. The van der Waals surface area contributed by atoms with E-state index in [1.807, 2.05) is 36.1 Å². The van der Waals surface area contributed by atoms with Gasteiger partial charge in [-0.2, -0.15) is 0 Å². The third-order valence-corrected chi connectivity index (χ3v) is 6.12. The van der Waals surface area contributed by atoms with Crippen LogP contribution in [0.2, 0.25) is 0 Å². The average Bonchev–Trinajstić information content (AvgIpc) is 3.19. The molecular weight excluding hydrogens is 381 g/mol. The van der Waals surface area contributed by atoms with E-state index in [0.717, 1.165) is 37.3 Å². The van der Waals surface area contributed by atoms with E-state index in [4.69, 9.17) is 4.74 Å². The van der Waals surface area contributed by atoms with Gasteiger partial charge >= 0.3 is 0 Å². The van der Waals surface area contributed by atoms with Gasteiger partial charge in [0, 0.05) is 50.0 Å². The number of carbonyl (C=O) groups excluding carboxylic acids is 1. The number of fused-ring (bicyclic) bond motifs is 1. The van der Waals surface area contributed by atoms with E-state index in [1.54, 1.807) is 0 Å². The average molecular weight is 412 g/mol. The van der Waals surface area contributed by atoms with E-state index in [-0.39, 0.29) is 23.8 Å². The van der Waals surface area contributed by atoms with Crippen LogP contribution in [0.25, 0.3) is 0 Å². The van der Waals surface area contributed by atoms with Gasteiger partial charge in [-0.1, -0.05) is 12.1 Å². The predicted octanol–water partition coefficient (Wildman–Crippen LogP) is 3.93. The molecule has 1 saturated heterocycles. The summed E-state index contributed by atoms with van der Waals surface area (Å²) in [7, 11) is 0. The van der Waals surface area contributed by atoms with Gasteiger partial charge < -0.3 is 15.0 Å². The number of hydrogen-bond acceptors (Lipinski definition) is 4. The number of hydrogen-bond donors (Lipinski definition) is 1. The standard InChI is InChI=1S/C24H30FN3O2/c1-4-30-23-12-22-19(9-10-26-22)11-21(23)24(29)28-14-16(2)27(13-17(28)3)15-18-5-7-20(25)8-6-18/h5-8,11-12,16-17,26H,4,9-10,13-15H2,1-3H3/t16-,17+/m0/s1. The highest BCUT2D eigenvalue weighted by Crippen LogP contribution is 2.33. The maximum Gasteiger partial charge on any atom is 0.257 e. The number of amides is 1. The van der Waals surface area contributed by atoms with Gasteiger partial charge in [0.25, 0.3) is 5.91 Å². The van der Waals surface area contributed by atoms with Gasteiger partial charge in [-0.05, 0) is 56.5 Å². The number of ether oxygens (including phenoxy) is 1. The fraction of sp³-hybridized carbons (Fsp3) is 0.458. The smallest absolute Gasteiger partial charge is 0.257 e. The number of anilines is 1. The predicted molar refractivity (Wildman–Crippen MR) is 117 cm³/mol. The molecule has 6 heteroatoms. The summed E-state index contributed by atoms with van der Waals surface area (Å²) in [5.74, 6) is 0.475. The zero-order chi connectivity index (χ0) is 21.3. The summed E-state index contributed by atoms with van der Waals surface area (Å²) < 4.78 is 19.0. The molecule has 0 aliphatic carbocycles. The molecule has 2 aromatic rings. The zero-order valence-electron chi connectivity index (χ0n) is 18.0. The molecule has 1 fully saturated rings. The third-order valence-electron chi connectivity index (χ3n) is 6.12. The monoisotopic (exact) mass is 411 g/mol. The first kappa shape index (κ1) is 20.7. The molecule has 2 heterocycles. The first-order valence-electron chi connectivity index (χ1n) is 10.8. The molecule has 1 amide bonds. The van der Waals surface area contributed by atoms with E-state index in [0.29, 0.717) is 24.5 Å². The Morgan fingerprint density at radius 2 is 1.93 bits per heavy atom. The van der Waals surface area contributed by atoms with Gasteiger partial charge in [0.05, 0.1) is 12.2 Å². The molecule has 4 rings (SSSR count). The van der Waals surface area contributed by atoms with Crippen molar-refractivity contribution in [2.45, 2.75) is 45.8 Å². The molecule has 160 valence electrons. The lowest BCUT2D eigenvalue weighted by molar-refractivity contribution is 0.0288. The molecule has 2 aliphatic rings. The molecule has 0 unspecified atom stereocenters. The SMILES string of the molecule is CCOc1cc2c(cc1C(=O)N1C[C@H](C)N(Cc3ccc(F)cc3)C[C@H]1C)CCN2. The van der Waals surface area contributed by atoms with Crippen molar-refractivity contribution in [1.82, 2.24) is 9.80 Å². The van der Waals surface area contributed by atoms with Crippen LogP contribution >= 0.6 is 0 Å². The van der Waals surface area contributed by atoms with E-state index >= 15 is 0 Å². The van der Waals surface area contributed by atoms with Crippen LogP contribution in [0, 0.1) is 5.82 Å². The molecule has 2 aromatic carbocycles. The second-order valence-electron chi connectivity index (χ2n) is 8.33. The Morgan fingerprint density at radius 3 is 2.67 bits per heavy atom. The molecule has 0 bridgehead atoms. The Hall–Kier alpha value is -2.60. The molecule has 30 heavy (non-hydrogen) atoms.